The molecule has 21 aromatic rings. The third-order valence-electron chi connectivity index (χ3n) is 22.7. The third-order valence-corrected chi connectivity index (χ3v) is 22.7. The Balaban J connectivity index is 0.000000151. The Kier molecular flexibility index (Phi) is 17.6. The first-order chi connectivity index (χ1) is 57.5. The first-order valence-corrected chi connectivity index (χ1v) is 39.5. The van der Waals surface area contributed by atoms with Gasteiger partial charge in [0.25, 0.3) is 0 Å². The molecule has 7 nitrogen and oxygen atoms in total. The third kappa shape index (κ3) is 12.9. The summed E-state index contributed by atoms with van der Waals surface area (Å²) >= 11 is 0. The molecule has 1 aliphatic carbocycles. The Bertz CT molecular complexity index is 7320. The van der Waals surface area contributed by atoms with Crippen molar-refractivity contribution in [3.8, 4) is 135 Å². The van der Waals surface area contributed by atoms with Crippen LogP contribution in [0, 0.1) is 0 Å². The van der Waals surface area contributed by atoms with E-state index in [0.717, 1.165) is 163 Å². The average Bonchev–Trinajstić information content (AvgIpc) is 0.752. The molecular formula is C109H71N7. The van der Waals surface area contributed by atoms with Gasteiger partial charge in [-0.2, -0.15) is 0 Å². The molecule has 1 aliphatic rings. The number of aromatic nitrogens is 7. The van der Waals surface area contributed by atoms with Crippen molar-refractivity contribution in [2.45, 2.75) is 12.8 Å². The number of fused-ring (bicyclic) bond motifs is 12. The average molecular weight is 1480 g/mol. The van der Waals surface area contributed by atoms with Crippen molar-refractivity contribution in [2.75, 3.05) is 0 Å². The van der Waals surface area contributed by atoms with Crippen LogP contribution in [0.4, 0.5) is 0 Å². The van der Waals surface area contributed by atoms with Crippen molar-refractivity contribution in [2.24, 2.45) is 0 Å². The second-order valence-corrected chi connectivity index (χ2v) is 29.6. The summed E-state index contributed by atoms with van der Waals surface area (Å²) in [6, 6.07) is 139. The van der Waals surface area contributed by atoms with Gasteiger partial charge < -0.3 is 0 Å². The number of nitrogens with zero attached hydrogens (tertiary/aromatic N) is 7. The molecule has 17 aromatic carbocycles. The van der Waals surface area contributed by atoms with E-state index in [0.29, 0.717) is 17.5 Å². The zero-order valence-electron chi connectivity index (χ0n) is 63.2. The van der Waals surface area contributed by atoms with E-state index in [-0.39, 0.29) is 0 Å². The Labute approximate surface area is 671 Å². The molecular weight excluding hydrogens is 1410 g/mol. The van der Waals surface area contributed by atoms with E-state index in [1.54, 1.807) is 0 Å². The van der Waals surface area contributed by atoms with Crippen LogP contribution in [0.2, 0.25) is 0 Å². The van der Waals surface area contributed by atoms with Crippen molar-refractivity contribution in [1.29, 1.82) is 0 Å². The van der Waals surface area contributed by atoms with E-state index < -0.39 is 0 Å². The number of hydrogen-bond acceptors (Lipinski definition) is 7. The maximum absolute atomic E-state index is 5.37. The van der Waals surface area contributed by atoms with Crippen LogP contribution in [0.25, 0.3) is 217 Å². The monoisotopic (exact) mass is 1480 g/mol. The van der Waals surface area contributed by atoms with Gasteiger partial charge in [0, 0.05) is 76.8 Å². The minimum absolute atomic E-state index is 0.642. The number of para-hydroxylation sites is 2. The van der Waals surface area contributed by atoms with Gasteiger partial charge in [-0.15, -0.1) is 0 Å². The van der Waals surface area contributed by atoms with E-state index in [1.165, 1.54) is 54.7 Å². The predicted octanol–water partition coefficient (Wildman–Crippen LogP) is 28.2. The Morgan fingerprint density at radius 1 is 0.198 bits per heavy atom. The van der Waals surface area contributed by atoms with Gasteiger partial charge in [-0.3, -0.25) is 0 Å². The van der Waals surface area contributed by atoms with Gasteiger partial charge in [0.05, 0.1) is 33.8 Å². The Hall–Kier alpha value is -15.3. The minimum Gasteiger partial charge on any atom is -0.247 e. The van der Waals surface area contributed by atoms with Crippen LogP contribution in [0.3, 0.4) is 0 Å². The van der Waals surface area contributed by atoms with E-state index in [1.807, 2.05) is 42.5 Å². The molecule has 0 N–H and O–H groups in total. The largest absolute Gasteiger partial charge is 0.247 e. The summed E-state index contributed by atoms with van der Waals surface area (Å²) in [5, 5.41) is 14.1. The zero-order chi connectivity index (χ0) is 76.8. The van der Waals surface area contributed by atoms with Gasteiger partial charge in [0.15, 0.2) is 23.3 Å². The van der Waals surface area contributed by atoms with Crippen LogP contribution in [-0.2, 0) is 6.42 Å². The lowest BCUT2D eigenvalue weighted by Gasteiger charge is -2.17. The highest BCUT2D eigenvalue weighted by atomic mass is 15.0. The summed E-state index contributed by atoms with van der Waals surface area (Å²) < 4.78 is 0. The smallest absolute Gasteiger partial charge is 0.164 e. The molecule has 0 amide bonds. The first kappa shape index (κ1) is 68.7. The Morgan fingerprint density at radius 3 is 1.07 bits per heavy atom. The van der Waals surface area contributed by atoms with Crippen LogP contribution in [0.5, 0.6) is 0 Å². The van der Waals surface area contributed by atoms with Crippen LogP contribution in [-0.4, -0.2) is 34.9 Å². The van der Waals surface area contributed by atoms with Gasteiger partial charge in [-0.25, -0.2) is 34.9 Å². The maximum Gasteiger partial charge on any atom is 0.164 e. The van der Waals surface area contributed by atoms with Crippen molar-refractivity contribution >= 4 is 81.7 Å². The molecule has 542 valence electrons. The van der Waals surface area contributed by atoms with Crippen molar-refractivity contribution in [1.82, 2.24) is 34.9 Å². The highest BCUT2D eigenvalue weighted by molar-refractivity contribution is 6.19. The second-order valence-electron chi connectivity index (χ2n) is 29.6. The summed E-state index contributed by atoms with van der Waals surface area (Å²) in [5.74, 6) is 2.69. The molecule has 7 heteroatoms. The molecule has 0 bridgehead atoms. The molecule has 22 rings (SSSR count). The van der Waals surface area contributed by atoms with Crippen LogP contribution >= 0.6 is 0 Å². The normalized spacial score (nSPS) is 11.9. The zero-order valence-corrected chi connectivity index (χ0v) is 63.2. The topological polar surface area (TPSA) is 90.2 Å². The molecule has 0 radical (unpaired) electrons. The fourth-order valence-corrected chi connectivity index (χ4v) is 17.0. The number of benzene rings is 17. The highest BCUT2D eigenvalue weighted by Crippen LogP contribution is 2.44. The van der Waals surface area contributed by atoms with E-state index in [9.17, 15) is 0 Å². The lowest BCUT2D eigenvalue weighted by Crippen LogP contribution is -2.03. The van der Waals surface area contributed by atoms with E-state index >= 15 is 0 Å². The lowest BCUT2D eigenvalue weighted by atomic mass is 9.89. The number of hydrogen-bond donors (Lipinski definition) is 0. The fraction of sp³-hybridized carbons (Fsp3) is 0.0183. The van der Waals surface area contributed by atoms with Crippen molar-refractivity contribution in [3.05, 3.63) is 412 Å². The van der Waals surface area contributed by atoms with Crippen LogP contribution in [0.15, 0.2) is 400 Å². The second kappa shape index (κ2) is 29.7. The van der Waals surface area contributed by atoms with E-state index in [4.69, 9.17) is 34.9 Å². The van der Waals surface area contributed by atoms with Gasteiger partial charge in [-0.05, 0) is 131 Å². The molecule has 4 heterocycles. The molecule has 0 atom stereocenters. The Morgan fingerprint density at radius 2 is 0.552 bits per heavy atom. The van der Waals surface area contributed by atoms with Gasteiger partial charge in [0.2, 0.25) is 0 Å². The highest BCUT2D eigenvalue weighted by Gasteiger charge is 2.23. The summed E-state index contributed by atoms with van der Waals surface area (Å²) in [4.78, 5) is 36.2. The SMILES string of the molecule is C1=Cc2c(cc(-c3nc(-c4ccc(-c5ccc(-c6cccc7c(-c8ccccc8)nc8ccccc8c67)cc5)cc4)nc(-c4cc5ccccc5c5ccccc45)n3)c3ccccc23)CC1.c1ccc(-c2cc(-c3ccc(-c4ccc(-c5cccc6c(-c7ccccc7)nc7ccccc7c56)cc4)cc3)nc(-c3ccccc3)n2)cc1. The quantitative estimate of drug-likeness (QED) is 0.113. The standard InChI is InChI=1S/C62H40N4.C47H31N3/c1-2-15-42(16-3-1)59-54-27-14-26-48(58(54)53-25-12-13-28-57(53)63-59)41-33-29-39(30-34-41)40-31-35-43(36-32-40)60-64-61(55-37-44-17-4-6-19-46(44)49-21-8-10-23-51(49)55)66-62(65-60)56-38-45-18-5-7-20-47(45)50-22-9-11-24-52(50)56;1-4-13-35(14-5-1)43-31-44(50-47(49-43)38-17-8-3-9-18-38)36-29-25-33(26-30-36)32-23-27-34(28-24-32)39-20-12-21-41-45(39)40-19-10-11-22-42(40)48-46(41)37-15-6-2-7-16-37/h1-4,6-17,19-38H,5,18H2;1-31H. The lowest BCUT2D eigenvalue weighted by molar-refractivity contribution is 0.988. The van der Waals surface area contributed by atoms with Crippen LogP contribution < -0.4 is 0 Å². The van der Waals surface area contributed by atoms with E-state index in [2.05, 4.69) is 364 Å². The first-order valence-electron chi connectivity index (χ1n) is 39.5. The molecule has 0 spiro atoms. The molecule has 116 heavy (non-hydrogen) atoms. The number of pyridine rings is 2. The number of aryl methyl sites for hydroxylation is 1. The number of rotatable bonds is 12. The molecule has 4 aromatic heterocycles. The van der Waals surface area contributed by atoms with Gasteiger partial charge in [-0.1, -0.05) is 376 Å². The summed E-state index contributed by atoms with van der Waals surface area (Å²) in [6.07, 6.45) is 6.56. The molecule has 0 fully saturated rings. The molecule has 0 aliphatic heterocycles. The van der Waals surface area contributed by atoms with Crippen molar-refractivity contribution < 1.29 is 0 Å². The van der Waals surface area contributed by atoms with Crippen molar-refractivity contribution in [3.63, 3.8) is 0 Å². The molecule has 0 saturated carbocycles. The fourth-order valence-electron chi connectivity index (χ4n) is 17.0. The minimum atomic E-state index is 0.642. The predicted molar refractivity (Wildman–Crippen MR) is 483 cm³/mol. The summed E-state index contributed by atoms with van der Waals surface area (Å²) in [5.41, 5.74) is 26.0. The maximum atomic E-state index is 5.37. The number of allylic oxidation sites excluding steroid dienone is 1. The van der Waals surface area contributed by atoms with Gasteiger partial charge in [0.1, 0.15) is 0 Å². The molecule has 0 unspecified atom stereocenters. The van der Waals surface area contributed by atoms with Gasteiger partial charge >= 0.3 is 0 Å². The van der Waals surface area contributed by atoms with Crippen LogP contribution in [0.1, 0.15) is 17.5 Å². The summed E-state index contributed by atoms with van der Waals surface area (Å²) in [7, 11) is 0. The molecule has 0 saturated heterocycles. The summed E-state index contributed by atoms with van der Waals surface area (Å²) in [6.45, 7) is 0.